The number of aromatic nitrogens is 3. The molecular weight excluding hydrogens is 384 g/mol. The van der Waals surface area contributed by atoms with Crippen molar-refractivity contribution in [2.24, 2.45) is 0 Å². The zero-order valence-corrected chi connectivity index (χ0v) is 16.9. The third-order valence-corrected chi connectivity index (χ3v) is 6.44. The van der Waals surface area contributed by atoms with E-state index in [0.29, 0.717) is 17.9 Å². The fourth-order valence-corrected chi connectivity index (χ4v) is 4.81. The quantitative estimate of drug-likeness (QED) is 0.707. The van der Waals surface area contributed by atoms with E-state index in [2.05, 4.69) is 9.88 Å². The molecule has 5 rings (SSSR count). The number of hydrogen-bond acceptors (Lipinski definition) is 5. The summed E-state index contributed by atoms with van der Waals surface area (Å²) in [5.41, 5.74) is 3.35. The molecule has 1 aliphatic heterocycles. The number of piperidine rings is 1. The molecule has 1 fully saturated rings. The monoisotopic (exact) mass is 406 g/mol. The maximum Gasteiger partial charge on any atom is 0.161 e. The molecule has 0 bridgehead atoms. The van der Waals surface area contributed by atoms with Crippen molar-refractivity contribution >= 4 is 17.4 Å². The van der Waals surface area contributed by atoms with Gasteiger partial charge in [-0.25, -0.2) is 9.97 Å². The molecule has 0 unspecified atom stereocenters. The fourth-order valence-electron chi connectivity index (χ4n) is 4.50. The summed E-state index contributed by atoms with van der Waals surface area (Å²) in [6, 6.07) is 11.5. The summed E-state index contributed by atoms with van der Waals surface area (Å²) in [5, 5.41) is 11.9. The van der Waals surface area contributed by atoms with Gasteiger partial charge in [-0.3, -0.25) is 4.98 Å². The standard InChI is InChI=1S/C23H23ClN4O/c24-19-6-2-1-5-18(19)23(29)10-14-28(15-11-23)22-17-4-3-7-20(17)26-21(27-22)16-8-12-25-13-9-16/h1-2,5-6,8-9,12-13,29H,3-4,7,10-11,14-15H2. The van der Waals surface area contributed by atoms with Gasteiger partial charge in [0.2, 0.25) is 0 Å². The Hall–Kier alpha value is -2.50. The Morgan fingerprint density at radius 1 is 0.966 bits per heavy atom. The average molecular weight is 407 g/mol. The first kappa shape index (κ1) is 18.5. The molecule has 1 aliphatic carbocycles. The van der Waals surface area contributed by atoms with Crippen LogP contribution in [0.2, 0.25) is 5.02 Å². The van der Waals surface area contributed by atoms with Crippen LogP contribution in [0.4, 0.5) is 5.82 Å². The van der Waals surface area contributed by atoms with Crippen LogP contribution in [0.1, 0.15) is 36.1 Å². The summed E-state index contributed by atoms with van der Waals surface area (Å²) in [6.07, 6.45) is 7.94. The van der Waals surface area contributed by atoms with Crippen molar-refractivity contribution < 1.29 is 5.11 Å². The molecule has 0 radical (unpaired) electrons. The fraction of sp³-hybridized carbons (Fsp3) is 0.348. The average Bonchev–Trinajstić information content (AvgIpc) is 3.23. The molecule has 1 N–H and O–H groups in total. The Kier molecular flexibility index (Phi) is 4.72. The van der Waals surface area contributed by atoms with Gasteiger partial charge in [0.1, 0.15) is 5.82 Å². The molecule has 3 heterocycles. The third-order valence-electron chi connectivity index (χ3n) is 6.12. The molecule has 2 aromatic heterocycles. The number of hydrogen-bond donors (Lipinski definition) is 1. The van der Waals surface area contributed by atoms with Gasteiger partial charge < -0.3 is 10.0 Å². The number of rotatable bonds is 3. The Bertz CT molecular complexity index is 1030. The van der Waals surface area contributed by atoms with Crippen molar-refractivity contribution in [3.8, 4) is 11.4 Å². The van der Waals surface area contributed by atoms with Crippen LogP contribution >= 0.6 is 11.6 Å². The highest BCUT2D eigenvalue weighted by atomic mass is 35.5. The van der Waals surface area contributed by atoms with E-state index in [4.69, 9.17) is 21.6 Å². The van der Waals surface area contributed by atoms with Gasteiger partial charge >= 0.3 is 0 Å². The second-order valence-electron chi connectivity index (χ2n) is 7.88. The van der Waals surface area contributed by atoms with Crippen LogP contribution in [-0.2, 0) is 18.4 Å². The first-order valence-corrected chi connectivity index (χ1v) is 10.5. The second-order valence-corrected chi connectivity index (χ2v) is 8.29. The Morgan fingerprint density at radius 3 is 2.48 bits per heavy atom. The van der Waals surface area contributed by atoms with Gasteiger partial charge in [0.25, 0.3) is 0 Å². The van der Waals surface area contributed by atoms with Gasteiger partial charge in [-0.15, -0.1) is 0 Å². The maximum atomic E-state index is 11.3. The Labute approximate surface area is 175 Å². The van der Waals surface area contributed by atoms with Crippen molar-refractivity contribution in [1.82, 2.24) is 15.0 Å². The predicted molar refractivity (Wildman–Crippen MR) is 114 cm³/mol. The van der Waals surface area contributed by atoms with E-state index in [-0.39, 0.29) is 0 Å². The van der Waals surface area contributed by atoms with Crippen LogP contribution in [0.3, 0.4) is 0 Å². The Balaban J connectivity index is 1.45. The van der Waals surface area contributed by atoms with E-state index in [9.17, 15) is 5.11 Å². The van der Waals surface area contributed by atoms with Gasteiger partial charge in [0.05, 0.1) is 5.60 Å². The normalized spacial score (nSPS) is 17.9. The topological polar surface area (TPSA) is 62.1 Å². The number of nitrogens with zero attached hydrogens (tertiary/aromatic N) is 4. The molecule has 148 valence electrons. The molecule has 0 atom stereocenters. The van der Waals surface area contributed by atoms with Crippen LogP contribution in [0.5, 0.6) is 0 Å². The summed E-state index contributed by atoms with van der Waals surface area (Å²) in [5.74, 6) is 1.79. The first-order valence-electron chi connectivity index (χ1n) is 10.2. The lowest BCUT2D eigenvalue weighted by Gasteiger charge is -2.40. The van der Waals surface area contributed by atoms with Gasteiger partial charge in [0.15, 0.2) is 5.82 Å². The Morgan fingerprint density at radius 2 is 1.72 bits per heavy atom. The minimum absolute atomic E-state index is 0.625. The lowest BCUT2D eigenvalue weighted by atomic mass is 9.84. The molecule has 0 saturated carbocycles. The zero-order chi connectivity index (χ0) is 19.8. The van der Waals surface area contributed by atoms with Crippen LogP contribution in [-0.4, -0.2) is 33.1 Å². The van der Waals surface area contributed by atoms with Crippen LogP contribution in [0.15, 0.2) is 48.8 Å². The molecule has 0 amide bonds. The molecule has 29 heavy (non-hydrogen) atoms. The van der Waals surface area contributed by atoms with E-state index >= 15 is 0 Å². The first-order chi connectivity index (χ1) is 14.1. The van der Waals surface area contributed by atoms with E-state index in [1.807, 2.05) is 36.4 Å². The molecule has 5 nitrogen and oxygen atoms in total. The highest BCUT2D eigenvalue weighted by molar-refractivity contribution is 6.31. The van der Waals surface area contributed by atoms with Gasteiger partial charge in [0, 0.05) is 52.9 Å². The van der Waals surface area contributed by atoms with Crippen molar-refractivity contribution in [2.45, 2.75) is 37.7 Å². The molecule has 2 aliphatic rings. The summed E-state index contributed by atoms with van der Waals surface area (Å²) in [6.45, 7) is 1.47. The van der Waals surface area contributed by atoms with E-state index < -0.39 is 5.60 Å². The van der Waals surface area contributed by atoms with E-state index in [1.165, 1.54) is 5.56 Å². The lowest BCUT2D eigenvalue weighted by molar-refractivity contribution is 0.0117. The summed E-state index contributed by atoms with van der Waals surface area (Å²) in [7, 11) is 0. The zero-order valence-electron chi connectivity index (χ0n) is 16.2. The number of benzene rings is 1. The summed E-state index contributed by atoms with van der Waals surface area (Å²) in [4.78, 5) is 16.2. The second kappa shape index (κ2) is 7.39. The SMILES string of the molecule is OC1(c2ccccc2Cl)CCN(c2nc(-c3ccncc3)nc3c2CCC3)CC1. The van der Waals surface area contributed by atoms with Crippen molar-refractivity contribution in [2.75, 3.05) is 18.0 Å². The highest BCUT2D eigenvalue weighted by Crippen LogP contribution is 2.39. The van der Waals surface area contributed by atoms with Gasteiger partial charge in [-0.1, -0.05) is 29.8 Å². The number of pyridine rings is 1. The minimum Gasteiger partial charge on any atom is -0.385 e. The number of aliphatic hydroxyl groups is 1. The number of halogens is 1. The molecule has 3 aromatic rings. The van der Waals surface area contributed by atoms with Gasteiger partial charge in [-0.05, 0) is 50.3 Å². The van der Waals surface area contributed by atoms with Gasteiger partial charge in [-0.2, -0.15) is 0 Å². The predicted octanol–water partition coefficient (Wildman–Crippen LogP) is 4.17. The van der Waals surface area contributed by atoms with Crippen LogP contribution in [0.25, 0.3) is 11.4 Å². The number of fused-ring (bicyclic) bond motifs is 1. The van der Waals surface area contributed by atoms with Crippen molar-refractivity contribution in [1.29, 1.82) is 0 Å². The number of anilines is 1. The third kappa shape index (κ3) is 3.38. The molecule has 1 aromatic carbocycles. The summed E-state index contributed by atoms with van der Waals surface area (Å²) < 4.78 is 0. The largest absolute Gasteiger partial charge is 0.385 e. The molecule has 1 saturated heterocycles. The smallest absolute Gasteiger partial charge is 0.161 e. The highest BCUT2D eigenvalue weighted by Gasteiger charge is 2.37. The van der Waals surface area contributed by atoms with Crippen LogP contribution < -0.4 is 4.90 Å². The minimum atomic E-state index is -0.890. The molecule has 0 spiro atoms. The molecule has 6 heteroatoms. The van der Waals surface area contributed by atoms with E-state index in [1.54, 1.807) is 12.4 Å². The molecular formula is C23H23ClN4O. The lowest BCUT2D eigenvalue weighted by Crippen LogP contribution is -2.43. The number of aryl methyl sites for hydroxylation is 1. The van der Waals surface area contributed by atoms with Crippen LogP contribution in [0, 0.1) is 0 Å². The van der Waals surface area contributed by atoms with Crippen molar-refractivity contribution in [3.63, 3.8) is 0 Å². The maximum absolute atomic E-state index is 11.3. The van der Waals surface area contributed by atoms with Crippen molar-refractivity contribution in [3.05, 3.63) is 70.6 Å². The summed E-state index contributed by atoms with van der Waals surface area (Å²) >= 11 is 6.37. The van der Waals surface area contributed by atoms with E-state index in [0.717, 1.165) is 60.8 Å².